The Morgan fingerprint density at radius 2 is 2.11 bits per heavy atom. The van der Waals surface area contributed by atoms with Crippen molar-refractivity contribution in [1.82, 2.24) is 8.94 Å². The molecule has 8 heteroatoms. The molecule has 2 aromatic rings. The van der Waals surface area contributed by atoms with Crippen LogP contribution in [0.4, 0.5) is 0 Å². The largest absolute Gasteiger partial charge is 0.300 e. The van der Waals surface area contributed by atoms with Gasteiger partial charge in [0.15, 0.2) is 5.82 Å². The van der Waals surface area contributed by atoms with Crippen LogP contribution in [0.15, 0.2) is 29.3 Å². The van der Waals surface area contributed by atoms with E-state index in [-0.39, 0.29) is 0 Å². The van der Waals surface area contributed by atoms with Crippen LogP contribution in [0.1, 0.15) is 5.56 Å². The van der Waals surface area contributed by atoms with E-state index in [2.05, 4.69) is 9.37 Å². The summed E-state index contributed by atoms with van der Waals surface area (Å²) in [6.45, 7) is 0.619. The molecule has 1 aliphatic heterocycles. The van der Waals surface area contributed by atoms with Crippen molar-refractivity contribution in [1.29, 1.82) is 0 Å². The van der Waals surface area contributed by atoms with E-state index in [9.17, 15) is 4.79 Å². The van der Waals surface area contributed by atoms with E-state index in [1.54, 1.807) is 0 Å². The number of aromatic nitrogens is 2. The molecule has 0 aliphatic carbocycles. The highest BCUT2D eigenvalue weighted by Crippen LogP contribution is 2.30. The Kier molecular flexibility index (Phi) is 3.17. The van der Waals surface area contributed by atoms with Crippen molar-refractivity contribution in [3.63, 3.8) is 0 Å². The monoisotopic (exact) mass is 333 g/mol. The molecule has 1 aliphatic rings. The molecule has 4 nitrogen and oxygen atoms in total. The zero-order valence-corrected chi connectivity index (χ0v) is 12.4. The van der Waals surface area contributed by atoms with Crippen LogP contribution in [-0.2, 0) is 11.3 Å². The Labute approximate surface area is 127 Å². The lowest BCUT2D eigenvalue weighted by atomic mass is 10.1. The van der Waals surface area contributed by atoms with Gasteiger partial charge in [0, 0.05) is 17.1 Å². The average molecular weight is 335 g/mol. The molecular formula is C11H6Cl3N3OS. The summed E-state index contributed by atoms with van der Waals surface area (Å²) in [4.78, 5) is 15.9. The van der Waals surface area contributed by atoms with Gasteiger partial charge in [-0.25, -0.2) is 0 Å². The van der Waals surface area contributed by atoms with Crippen molar-refractivity contribution in [2.24, 2.45) is 4.99 Å². The summed E-state index contributed by atoms with van der Waals surface area (Å²) < 4.78 is 4.10. The molecule has 0 atom stereocenters. The minimum absolute atomic E-state index is 0.433. The van der Waals surface area contributed by atoms with E-state index in [1.165, 1.54) is 0 Å². The second-order valence-electron chi connectivity index (χ2n) is 3.95. The highest BCUT2D eigenvalue weighted by atomic mass is 35.6. The zero-order chi connectivity index (χ0) is 13.6. The number of hydrogen-bond donors (Lipinski definition) is 0. The van der Waals surface area contributed by atoms with E-state index in [4.69, 9.17) is 34.8 Å². The predicted molar refractivity (Wildman–Crippen MR) is 75.5 cm³/mol. The number of benzene rings is 1. The summed E-state index contributed by atoms with van der Waals surface area (Å²) in [5, 5.41) is 0. The maximum absolute atomic E-state index is 11.6. The summed E-state index contributed by atoms with van der Waals surface area (Å²) >= 11 is 17.6. The SMILES string of the molecule is O=C(N=c1snc2n1Cc1ccccc1-2)C(Cl)(Cl)Cl. The third-order valence-corrected chi connectivity index (χ3v) is 3.95. The Bertz CT molecular complexity index is 729. The quantitative estimate of drug-likeness (QED) is 0.594. The second kappa shape index (κ2) is 4.59. The molecule has 2 heterocycles. The summed E-state index contributed by atoms with van der Waals surface area (Å²) in [5.74, 6) is -0.0242. The Hall–Kier alpha value is -0.880. The van der Waals surface area contributed by atoms with Crippen LogP contribution in [0.25, 0.3) is 11.4 Å². The number of carbonyl (C=O) groups is 1. The first-order valence-electron chi connectivity index (χ1n) is 5.27. The number of carbonyl (C=O) groups excluding carboxylic acids is 1. The van der Waals surface area contributed by atoms with Crippen LogP contribution in [-0.4, -0.2) is 18.6 Å². The molecule has 19 heavy (non-hydrogen) atoms. The molecule has 0 N–H and O–H groups in total. The van der Waals surface area contributed by atoms with Crippen LogP contribution in [0, 0.1) is 0 Å². The third-order valence-electron chi connectivity index (χ3n) is 2.73. The van der Waals surface area contributed by atoms with Crippen molar-refractivity contribution in [3.05, 3.63) is 34.6 Å². The molecule has 0 unspecified atom stereocenters. The zero-order valence-electron chi connectivity index (χ0n) is 9.31. The van der Waals surface area contributed by atoms with Gasteiger partial charge >= 0.3 is 0 Å². The van der Waals surface area contributed by atoms with Crippen LogP contribution >= 0.6 is 46.3 Å². The van der Waals surface area contributed by atoms with Gasteiger partial charge in [0.2, 0.25) is 4.80 Å². The Morgan fingerprint density at radius 3 is 2.84 bits per heavy atom. The average Bonchev–Trinajstić information content (AvgIpc) is 2.88. The molecule has 98 valence electrons. The van der Waals surface area contributed by atoms with E-state index < -0.39 is 9.70 Å². The van der Waals surface area contributed by atoms with Gasteiger partial charge in [-0.15, -0.1) is 0 Å². The fraction of sp³-hybridized carbons (Fsp3) is 0.182. The Balaban J connectivity index is 2.09. The smallest absolute Gasteiger partial charge is 0.295 e. The van der Waals surface area contributed by atoms with Crippen molar-refractivity contribution >= 4 is 52.2 Å². The number of hydrogen-bond acceptors (Lipinski definition) is 3. The maximum atomic E-state index is 11.6. The van der Waals surface area contributed by atoms with Crippen LogP contribution in [0.5, 0.6) is 0 Å². The maximum Gasteiger partial charge on any atom is 0.300 e. The van der Waals surface area contributed by atoms with Gasteiger partial charge in [-0.2, -0.15) is 9.37 Å². The van der Waals surface area contributed by atoms with Crippen molar-refractivity contribution in [2.45, 2.75) is 10.3 Å². The summed E-state index contributed by atoms with van der Waals surface area (Å²) in [5.41, 5.74) is 2.18. The first-order valence-corrected chi connectivity index (χ1v) is 7.18. The normalized spacial score (nSPS) is 14.4. The second-order valence-corrected chi connectivity index (χ2v) is 6.96. The minimum Gasteiger partial charge on any atom is -0.295 e. The van der Waals surface area contributed by atoms with Crippen LogP contribution in [0.2, 0.25) is 0 Å². The molecule has 0 fully saturated rings. The molecule has 1 aromatic heterocycles. The van der Waals surface area contributed by atoms with Crippen molar-refractivity contribution in [2.75, 3.05) is 0 Å². The minimum atomic E-state index is -2.04. The predicted octanol–water partition coefficient (Wildman–Crippen LogP) is 2.77. The number of halogens is 3. The first kappa shape index (κ1) is 13.1. The van der Waals surface area contributed by atoms with Gasteiger partial charge in [-0.05, 0) is 5.56 Å². The lowest BCUT2D eigenvalue weighted by Crippen LogP contribution is -2.22. The molecule has 0 bridgehead atoms. The first-order chi connectivity index (χ1) is 8.97. The number of fused-ring (bicyclic) bond motifs is 3. The fourth-order valence-electron chi connectivity index (χ4n) is 1.89. The lowest BCUT2D eigenvalue weighted by molar-refractivity contribution is -0.117. The molecule has 0 saturated carbocycles. The van der Waals surface area contributed by atoms with Crippen LogP contribution in [0.3, 0.4) is 0 Å². The molecule has 1 aromatic carbocycles. The van der Waals surface area contributed by atoms with E-state index in [1.807, 2.05) is 28.8 Å². The highest BCUT2D eigenvalue weighted by Gasteiger charge is 2.31. The van der Waals surface area contributed by atoms with Crippen molar-refractivity contribution < 1.29 is 4.79 Å². The number of amides is 1. The third kappa shape index (κ3) is 2.31. The van der Waals surface area contributed by atoms with E-state index in [0.717, 1.165) is 28.5 Å². The van der Waals surface area contributed by atoms with Gasteiger partial charge < -0.3 is 0 Å². The van der Waals surface area contributed by atoms with Gasteiger partial charge in [0.25, 0.3) is 9.70 Å². The lowest BCUT2D eigenvalue weighted by Gasteiger charge is -2.03. The molecule has 0 radical (unpaired) electrons. The van der Waals surface area contributed by atoms with E-state index in [0.29, 0.717) is 11.3 Å². The van der Waals surface area contributed by atoms with Gasteiger partial charge in [-0.1, -0.05) is 59.1 Å². The number of nitrogens with zero attached hydrogens (tertiary/aromatic N) is 3. The van der Waals surface area contributed by atoms with E-state index >= 15 is 0 Å². The number of rotatable bonds is 0. The molecule has 0 spiro atoms. The summed E-state index contributed by atoms with van der Waals surface area (Å²) in [6.07, 6.45) is 0. The fourth-order valence-corrected chi connectivity index (χ4v) is 2.75. The van der Waals surface area contributed by atoms with Gasteiger partial charge in [-0.3, -0.25) is 9.36 Å². The van der Waals surface area contributed by atoms with Crippen LogP contribution < -0.4 is 4.80 Å². The number of alkyl halides is 3. The molecular weight excluding hydrogens is 329 g/mol. The molecule has 3 rings (SSSR count). The standard InChI is InChI=1S/C11H6Cl3N3OS/c12-11(13,14)9(18)15-10-17-5-6-3-1-2-4-7(6)8(17)16-19-10/h1-4H,5H2. The highest BCUT2D eigenvalue weighted by molar-refractivity contribution is 7.03. The topological polar surface area (TPSA) is 47.2 Å². The molecule has 1 amide bonds. The van der Waals surface area contributed by atoms with Crippen molar-refractivity contribution in [3.8, 4) is 11.4 Å². The Morgan fingerprint density at radius 1 is 1.37 bits per heavy atom. The summed E-state index contributed by atoms with van der Waals surface area (Å²) in [7, 11) is 0. The van der Waals surface area contributed by atoms with Gasteiger partial charge in [0.05, 0.1) is 6.54 Å². The summed E-state index contributed by atoms with van der Waals surface area (Å²) in [6, 6.07) is 7.89. The van der Waals surface area contributed by atoms with Gasteiger partial charge in [0.1, 0.15) is 0 Å². The molecule has 0 saturated heterocycles.